The summed E-state index contributed by atoms with van der Waals surface area (Å²) >= 11 is 0. The highest BCUT2D eigenvalue weighted by molar-refractivity contribution is 5.73. The number of nitrogens with zero attached hydrogens (tertiary/aromatic N) is 4. The van der Waals surface area contributed by atoms with Gasteiger partial charge in [0.05, 0.1) is 12.2 Å². The van der Waals surface area contributed by atoms with Crippen molar-refractivity contribution in [2.24, 2.45) is 0 Å². The second kappa shape index (κ2) is 5.41. The van der Waals surface area contributed by atoms with Gasteiger partial charge in [0.25, 0.3) is 0 Å². The second-order valence-electron chi connectivity index (χ2n) is 3.83. The highest BCUT2D eigenvalue weighted by Gasteiger charge is 2.06. The van der Waals surface area contributed by atoms with Crippen LogP contribution in [0.1, 0.15) is 0 Å². The molecule has 1 aromatic heterocycles. The molecule has 0 aliphatic rings. The molecule has 88 valence electrons. The summed E-state index contributed by atoms with van der Waals surface area (Å²) in [5.74, 6) is 0. The molecule has 0 aliphatic heterocycles. The number of hydrogen-bond acceptors (Lipinski definition) is 3. The van der Waals surface area contributed by atoms with Crippen LogP contribution in [0.5, 0.6) is 0 Å². The van der Waals surface area contributed by atoms with Crippen molar-refractivity contribution in [3.05, 3.63) is 49.6 Å². The van der Waals surface area contributed by atoms with Crippen LogP contribution in [0, 0.1) is 0 Å². The van der Waals surface area contributed by atoms with Gasteiger partial charge in [-0.2, -0.15) is 0 Å². The van der Waals surface area contributed by atoms with Gasteiger partial charge in [-0.3, -0.25) is 4.90 Å². The standard InChI is InChI=1S/C13H16N4/c1-3-9-16(10-4-2)11-17-13-8-6-5-7-12(13)14-15-17/h3-8H,1-2,9-11H2. The van der Waals surface area contributed by atoms with Crippen LogP contribution in [0.4, 0.5) is 0 Å². The fourth-order valence-electron chi connectivity index (χ4n) is 1.77. The molecule has 0 saturated carbocycles. The number of rotatable bonds is 6. The Bertz CT molecular complexity index is 505. The molecule has 1 heterocycles. The van der Waals surface area contributed by atoms with Crippen molar-refractivity contribution in [1.82, 2.24) is 19.9 Å². The van der Waals surface area contributed by atoms with Crippen molar-refractivity contribution < 1.29 is 0 Å². The Hall–Kier alpha value is -1.94. The van der Waals surface area contributed by atoms with Crippen LogP contribution in [0.15, 0.2) is 49.6 Å². The summed E-state index contributed by atoms with van der Waals surface area (Å²) in [5.41, 5.74) is 1.97. The molecule has 17 heavy (non-hydrogen) atoms. The first-order valence-electron chi connectivity index (χ1n) is 5.57. The van der Waals surface area contributed by atoms with E-state index < -0.39 is 0 Å². The first-order valence-corrected chi connectivity index (χ1v) is 5.57. The fraction of sp³-hybridized carbons (Fsp3) is 0.231. The van der Waals surface area contributed by atoms with Crippen LogP contribution in [-0.4, -0.2) is 33.0 Å². The summed E-state index contributed by atoms with van der Waals surface area (Å²) in [5, 5.41) is 8.28. The van der Waals surface area contributed by atoms with Gasteiger partial charge in [-0.25, -0.2) is 4.68 Å². The molecule has 0 atom stereocenters. The lowest BCUT2D eigenvalue weighted by Crippen LogP contribution is -2.27. The molecule has 0 saturated heterocycles. The summed E-state index contributed by atoms with van der Waals surface area (Å²) in [6.45, 7) is 9.81. The number of benzene rings is 1. The lowest BCUT2D eigenvalue weighted by molar-refractivity contribution is 0.255. The molecule has 0 N–H and O–H groups in total. The molecule has 0 radical (unpaired) electrons. The van der Waals surface area contributed by atoms with Crippen LogP contribution in [0.25, 0.3) is 11.0 Å². The number of para-hydroxylation sites is 1. The van der Waals surface area contributed by atoms with Crippen molar-refractivity contribution in [3.8, 4) is 0 Å². The van der Waals surface area contributed by atoms with E-state index in [1.807, 2.05) is 41.1 Å². The first-order chi connectivity index (χ1) is 8.35. The Morgan fingerprint density at radius 2 is 1.88 bits per heavy atom. The quantitative estimate of drug-likeness (QED) is 0.710. The van der Waals surface area contributed by atoms with Crippen LogP contribution in [0.3, 0.4) is 0 Å². The molecule has 4 nitrogen and oxygen atoms in total. The highest BCUT2D eigenvalue weighted by atomic mass is 15.5. The van der Waals surface area contributed by atoms with Crippen LogP contribution < -0.4 is 0 Å². The van der Waals surface area contributed by atoms with Crippen molar-refractivity contribution in [2.45, 2.75) is 6.67 Å². The minimum atomic E-state index is 0.693. The van der Waals surface area contributed by atoms with E-state index in [0.717, 1.165) is 24.1 Å². The maximum absolute atomic E-state index is 4.16. The van der Waals surface area contributed by atoms with Crippen molar-refractivity contribution >= 4 is 11.0 Å². The zero-order chi connectivity index (χ0) is 12.1. The van der Waals surface area contributed by atoms with Crippen molar-refractivity contribution in [2.75, 3.05) is 13.1 Å². The average Bonchev–Trinajstić information content (AvgIpc) is 2.74. The summed E-state index contributed by atoms with van der Waals surface area (Å²) in [7, 11) is 0. The Labute approximate surface area is 101 Å². The zero-order valence-corrected chi connectivity index (χ0v) is 9.79. The Morgan fingerprint density at radius 1 is 1.18 bits per heavy atom. The van der Waals surface area contributed by atoms with Crippen molar-refractivity contribution in [3.63, 3.8) is 0 Å². The summed E-state index contributed by atoms with van der Waals surface area (Å²) in [6, 6.07) is 7.94. The topological polar surface area (TPSA) is 34.0 Å². The van der Waals surface area contributed by atoms with Gasteiger partial charge < -0.3 is 0 Å². The number of aromatic nitrogens is 3. The van der Waals surface area contributed by atoms with E-state index >= 15 is 0 Å². The Kier molecular flexibility index (Phi) is 3.67. The van der Waals surface area contributed by atoms with E-state index in [1.165, 1.54) is 0 Å². The van der Waals surface area contributed by atoms with E-state index in [9.17, 15) is 0 Å². The van der Waals surface area contributed by atoms with Gasteiger partial charge >= 0.3 is 0 Å². The van der Waals surface area contributed by atoms with Crippen molar-refractivity contribution in [1.29, 1.82) is 0 Å². The molecule has 4 heteroatoms. The minimum Gasteiger partial charge on any atom is -0.277 e. The lowest BCUT2D eigenvalue weighted by atomic mass is 10.3. The summed E-state index contributed by atoms with van der Waals surface area (Å²) < 4.78 is 1.89. The molecule has 0 fully saturated rings. The lowest BCUT2D eigenvalue weighted by Gasteiger charge is -2.18. The summed E-state index contributed by atoms with van der Waals surface area (Å²) in [6.07, 6.45) is 3.76. The van der Waals surface area contributed by atoms with E-state index in [1.54, 1.807) is 0 Å². The predicted molar refractivity (Wildman–Crippen MR) is 69.5 cm³/mol. The monoisotopic (exact) mass is 228 g/mol. The third-order valence-corrected chi connectivity index (χ3v) is 2.53. The zero-order valence-electron chi connectivity index (χ0n) is 9.79. The highest BCUT2D eigenvalue weighted by Crippen LogP contribution is 2.10. The van der Waals surface area contributed by atoms with Gasteiger partial charge in [-0.05, 0) is 12.1 Å². The molecule has 2 rings (SSSR count). The van der Waals surface area contributed by atoms with E-state index in [2.05, 4.69) is 28.4 Å². The molecular formula is C13H16N4. The molecule has 0 amide bonds. The van der Waals surface area contributed by atoms with Gasteiger partial charge in [-0.15, -0.1) is 18.3 Å². The third kappa shape index (κ3) is 2.60. The predicted octanol–water partition coefficient (Wildman–Crippen LogP) is 2.06. The molecule has 0 spiro atoms. The van der Waals surface area contributed by atoms with Gasteiger partial charge in [0.2, 0.25) is 0 Å². The Morgan fingerprint density at radius 3 is 2.59 bits per heavy atom. The fourth-order valence-corrected chi connectivity index (χ4v) is 1.77. The van der Waals surface area contributed by atoms with Gasteiger partial charge in [0.1, 0.15) is 5.52 Å². The smallest absolute Gasteiger partial charge is 0.113 e. The van der Waals surface area contributed by atoms with Crippen LogP contribution in [-0.2, 0) is 6.67 Å². The van der Waals surface area contributed by atoms with Gasteiger partial charge in [0.15, 0.2) is 0 Å². The molecule has 2 aromatic rings. The largest absolute Gasteiger partial charge is 0.277 e. The first kappa shape index (κ1) is 11.5. The second-order valence-corrected chi connectivity index (χ2v) is 3.83. The Balaban J connectivity index is 2.21. The van der Waals surface area contributed by atoms with Crippen LogP contribution in [0.2, 0.25) is 0 Å². The van der Waals surface area contributed by atoms with Gasteiger partial charge in [-0.1, -0.05) is 29.5 Å². The normalized spacial score (nSPS) is 10.9. The number of hydrogen-bond donors (Lipinski definition) is 0. The minimum absolute atomic E-state index is 0.693. The molecule has 0 bridgehead atoms. The molecule has 0 aliphatic carbocycles. The SMILES string of the molecule is C=CCN(CC=C)Cn1nnc2ccccc21. The molecule has 1 aromatic carbocycles. The van der Waals surface area contributed by atoms with E-state index in [0.29, 0.717) is 6.67 Å². The molecule has 0 unspecified atom stereocenters. The van der Waals surface area contributed by atoms with E-state index in [-0.39, 0.29) is 0 Å². The average molecular weight is 228 g/mol. The maximum Gasteiger partial charge on any atom is 0.113 e. The molecular weight excluding hydrogens is 212 g/mol. The van der Waals surface area contributed by atoms with Crippen LogP contribution >= 0.6 is 0 Å². The summed E-state index contributed by atoms with van der Waals surface area (Å²) in [4.78, 5) is 2.18. The van der Waals surface area contributed by atoms with Gasteiger partial charge in [0, 0.05) is 13.1 Å². The maximum atomic E-state index is 4.16. The number of fused-ring (bicyclic) bond motifs is 1. The van der Waals surface area contributed by atoms with E-state index in [4.69, 9.17) is 0 Å². The third-order valence-electron chi connectivity index (χ3n) is 2.53.